The molecule has 0 aromatic carbocycles. The summed E-state index contributed by atoms with van der Waals surface area (Å²) in [6.45, 7) is 1.49. The molecule has 0 atom stereocenters. The molecule has 0 spiro atoms. The molecule has 2 fully saturated rings. The normalized spacial score (nSPS) is 22.2. The van der Waals surface area contributed by atoms with Crippen LogP contribution >= 0.6 is 0 Å². The van der Waals surface area contributed by atoms with E-state index in [1.807, 2.05) is 12.3 Å². The van der Waals surface area contributed by atoms with Crippen LogP contribution in [0.4, 0.5) is 5.82 Å². The maximum Gasteiger partial charge on any atom is 0.132 e. The molecule has 0 radical (unpaired) electrons. The van der Waals surface area contributed by atoms with Gasteiger partial charge >= 0.3 is 0 Å². The smallest absolute Gasteiger partial charge is 0.132 e. The van der Waals surface area contributed by atoms with Crippen LogP contribution in [-0.4, -0.2) is 29.3 Å². The molecule has 2 heterocycles. The highest BCUT2D eigenvalue weighted by atomic mass is 16.3. The number of hydrogen-bond donors (Lipinski definition) is 1. The van der Waals surface area contributed by atoms with E-state index in [1.54, 1.807) is 0 Å². The highest BCUT2D eigenvalue weighted by Gasteiger charge is 2.32. The van der Waals surface area contributed by atoms with Crippen molar-refractivity contribution in [3.63, 3.8) is 0 Å². The molecule has 0 amide bonds. The average molecular weight is 190 g/mol. The van der Waals surface area contributed by atoms with Crippen molar-refractivity contribution < 1.29 is 5.11 Å². The third-order valence-corrected chi connectivity index (χ3v) is 3.00. The van der Waals surface area contributed by atoms with Gasteiger partial charge in [-0.05, 0) is 30.4 Å². The molecule has 2 aliphatic rings. The minimum absolute atomic E-state index is 0.149. The summed E-state index contributed by atoms with van der Waals surface area (Å²) in [7, 11) is 0. The third-order valence-electron chi connectivity index (χ3n) is 3.00. The number of nitrogens with zero attached hydrogens (tertiary/aromatic N) is 2. The first-order chi connectivity index (χ1) is 6.84. The van der Waals surface area contributed by atoms with Crippen LogP contribution in [0.3, 0.4) is 0 Å². The van der Waals surface area contributed by atoms with Gasteiger partial charge < -0.3 is 10.0 Å². The predicted molar refractivity (Wildman–Crippen MR) is 54.4 cm³/mol. The lowest BCUT2D eigenvalue weighted by Gasteiger charge is -2.37. The van der Waals surface area contributed by atoms with Crippen molar-refractivity contribution >= 4 is 5.82 Å². The number of anilines is 1. The fraction of sp³-hybridized carbons (Fsp3) is 0.545. The van der Waals surface area contributed by atoms with Gasteiger partial charge in [0.05, 0.1) is 6.10 Å². The van der Waals surface area contributed by atoms with E-state index in [0.29, 0.717) is 0 Å². The van der Waals surface area contributed by atoms with Crippen molar-refractivity contribution in [2.75, 3.05) is 18.0 Å². The average Bonchev–Trinajstić information content (AvgIpc) is 2.96. The lowest BCUT2D eigenvalue weighted by molar-refractivity contribution is 0.141. The molecule has 74 valence electrons. The van der Waals surface area contributed by atoms with Gasteiger partial charge in [-0.3, -0.25) is 0 Å². The summed E-state index contributed by atoms with van der Waals surface area (Å²) in [5.74, 6) is 1.83. The Balaban J connectivity index is 1.88. The summed E-state index contributed by atoms with van der Waals surface area (Å²) in [5, 5.41) is 9.26. The number of pyridine rings is 1. The van der Waals surface area contributed by atoms with Crippen LogP contribution in [0.25, 0.3) is 0 Å². The summed E-state index contributed by atoms with van der Waals surface area (Å²) in [6, 6.07) is 4.18. The maximum atomic E-state index is 9.26. The van der Waals surface area contributed by atoms with Crippen molar-refractivity contribution in [2.45, 2.75) is 24.9 Å². The van der Waals surface area contributed by atoms with Crippen LogP contribution in [0, 0.1) is 0 Å². The first-order valence-corrected chi connectivity index (χ1v) is 5.22. The first-order valence-electron chi connectivity index (χ1n) is 5.22. The van der Waals surface area contributed by atoms with Gasteiger partial charge in [-0.15, -0.1) is 0 Å². The number of hydrogen-bond acceptors (Lipinski definition) is 3. The Labute approximate surface area is 83.4 Å². The number of aliphatic hydroxyl groups excluding tert-OH is 1. The zero-order chi connectivity index (χ0) is 9.54. The number of aliphatic hydroxyl groups is 1. The van der Waals surface area contributed by atoms with Crippen LogP contribution in [0.5, 0.6) is 0 Å². The van der Waals surface area contributed by atoms with Crippen LogP contribution < -0.4 is 4.90 Å². The summed E-state index contributed by atoms with van der Waals surface area (Å²) in [6.07, 6.45) is 4.29. The molecule has 1 aromatic rings. The predicted octanol–water partition coefficient (Wildman–Crippen LogP) is 1.14. The summed E-state index contributed by atoms with van der Waals surface area (Å²) in [5.41, 5.74) is 1.37. The van der Waals surface area contributed by atoms with E-state index in [1.165, 1.54) is 18.4 Å². The van der Waals surface area contributed by atoms with Gasteiger partial charge in [0, 0.05) is 19.3 Å². The minimum atomic E-state index is -0.149. The topological polar surface area (TPSA) is 36.4 Å². The molecule has 14 heavy (non-hydrogen) atoms. The molecule has 3 heteroatoms. The molecule has 0 unspecified atom stereocenters. The lowest BCUT2D eigenvalue weighted by Crippen LogP contribution is -2.51. The van der Waals surface area contributed by atoms with Gasteiger partial charge in [0.2, 0.25) is 0 Å². The quantitative estimate of drug-likeness (QED) is 0.759. The van der Waals surface area contributed by atoms with E-state index < -0.39 is 0 Å². The second-order valence-corrected chi connectivity index (χ2v) is 4.25. The Kier molecular flexibility index (Phi) is 1.74. The van der Waals surface area contributed by atoms with Crippen LogP contribution in [0.15, 0.2) is 18.3 Å². The Bertz CT molecular complexity index is 343. The molecule has 1 saturated heterocycles. The molecule has 3 nitrogen and oxygen atoms in total. The first kappa shape index (κ1) is 8.24. The van der Waals surface area contributed by atoms with Crippen molar-refractivity contribution in [3.05, 3.63) is 23.9 Å². The highest BCUT2D eigenvalue weighted by Crippen LogP contribution is 2.44. The van der Waals surface area contributed by atoms with E-state index in [9.17, 15) is 5.11 Å². The maximum absolute atomic E-state index is 9.26. The zero-order valence-corrected chi connectivity index (χ0v) is 8.06. The Morgan fingerprint density at radius 2 is 2.14 bits per heavy atom. The van der Waals surface area contributed by atoms with Crippen molar-refractivity contribution in [1.29, 1.82) is 0 Å². The van der Waals surface area contributed by atoms with Crippen LogP contribution in [0.1, 0.15) is 24.3 Å². The molecule has 0 bridgehead atoms. The highest BCUT2D eigenvalue weighted by molar-refractivity contribution is 5.52. The van der Waals surface area contributed by atoms with Crippen LogP contribution in [0.2, 0.25) is 0 Å². The standard InChI is InChI=1S/C11H14N2O/c14-9-6-13(7-9)11-10(8-3-4-8)2-1-5-12-11/h1-2,5,8-9,14H,3-4,6-7H2. The van der Waals surface area contributed by atoms with Crippen molar-refractivity contribution in [2.24, 2.45) is 0 Å². The zero-order valence-electron chi connectivity index (χ0n) is 8.06. The van der Waals surface area contributed by atoms with Gasteiger partial charge in [-0.1, -0.05) is 6.07 Å². The Morgan fingerprint density at radius 3 is 2.79 bits per heavy atom. The summed E-state index contributed by atoms with van der Waals surface area (Å²) in [4.78, 5) is 6.58. The third kappa shape index (κ3) is 1.28. The Morgan fingerprint density at radius 1 is 1.36 bits per heavy atom. The fourth-order valence-electron chi connectivity index (χ4n) is 2.01. The van der Waals surface area contributed by atoms with Crippen molar-refractivity contribution in [3.8, 4) is 0 Å². The number of rotatable bonds is 2. The lowest BCUT2D eigenvalue weighted by atomic mass is 10.1. The van der Waals surface area contributed by atoms with Gasteiger partial charge in [-0.2, -0.15) is 0 Å². The second kappa shape index (κ2) is 2.95. The number of aromatic nitrogens is 1. The van der Waals surface area contributed by atoms with Gasteiger partial charge in [0.1, 0.15) is 5.82 Å². The van der Waals surface area contributed by atoms with Crippen LogP contribution in [-0.2, 0) is 0 Å². The van der Waals surface area contributed by atoms with Gasteiger partial charge in [-0.25, -0.2) is 4.98 Å². The van der Waals surface area contributed by atoms with E-state index in [2.05, 4.69) is 16.0 Å². The summed E-state index contributed by atoms with van der Waals surface area (Å²) >= 11 is 0. The largest absolute Gasteiger partial charge is 0.389 e. The fourth-order valence-corrected chi connectivity index (χ4v) is 2.01. The van der Waals surface area contributed by atoms with Gasteiger partial charge in [0.15, 0.2) is 0 Å². The molecule has 1 aliphatic heterocycles. The number of β-amino-alcohol motifs (C(OH)–C–C–N with tert-alkyl or cyclic N) is 1. The minimum Gasteiger partial charge on any atom is -0.389 e. The SMILES string of the molecule is OC1CN(c2ncccc2C2CC2)C1. The van der Waals surface area contributed by atoms with Gasteiger partial charge in [0.25, 0.3) is 0 Å². The Hall–Kier alpha value is -1.09. The monoisotopic (exact) mass is 190 g/mol. The molecule has 1 N–H and O–H groups in total. The molecule has 1 aromatic heterocycles. The second-order valence-electron chi connectivity index (χ2n) is 4.25. The van der Waals surface area contributed by atoms with E-state index in [0.717, 1.165) is 24.8 Å². The van der Waals surface area contributed by atoms with Crippen molar-refractivity contribution in [1.82, 2.24) is 4.98 Å². The molecular formula is C11H14N2O. The molecule has 3 rings (SSSR count). The molecular weight excluding hydrogens is 176 g/mol. The van der Waals surface area contributed by atoms with E-state index in [4.69, 9.17) is 0 Å². The molecule has 1 aliphatic carbocycles. The van der Waals surface area contributed by atoms with E-state index >= 15 is 0 Å². The van der Waals surface area contributed by atoms with E-state index in [-0.39, 0.29) is 6.10 Å². The summed E-state index contributed by atoms with van der Waals surface area (Å²) < 4.78 is 0. The molecule has 1 saturated carbocycles.